The quantitative estimate of drug-likeness (QED) is 0.750. The van der Waals surface area contributed by atoms with Crippen LogP contribution in [0.25, 0.3) is 0 Å². The van der Waals surface area contributed by atoms with Crippen molar-refractivity contribution >= 4 is 0 Å². The van der Waals surface area contributed by atoms with Gasteiger partial charge in [-0.25, -0.2) is 0 Å². The average molecular weight is 286 g/mol. The summed E-state index contributed by atoms with van der Waals surface area (Å²) in [6.45, 7) is 15.2. The summed E-state index contributed by atoms with van der Waals surface area (Å²) in [7, 11) is 0. The molecule has 0 spiro atoms. The fourth-order valence-electron chi connectivity index (χ4n) is 2.75. The number of aliphatic hydroxyl groups excluding tert-OH is 1. The number of nitrogens with zero attached hydrogens (tertiary/aromatic N) is 1. The molecule has 0 aliphatic carbocycles. The van der Waals surface area contributed by atoms with Crippen molar-refractivity contribution in [1.82, 2.24) is 10.2 Å². The Labute approximate surface area is 124 Å². The molecule has 0 aromatic rings. The van der Waals surface area contributed by atoms with E-state index in [0.29, 0.717) is 12.1 Å². The van der Waals surface area contributed by atoms with Gasteiger partial charge in [0, 0.05) is 25.2 Å². The van der Waals surface area contributed by atoms with E-state index in [9.17, 15) is 5.11 Å². The lowest BCUT2D eigenvalue weighted by Gasteiger charge is -2.39. The van der Waals surface area contributed by atoms with Crippen LogP contribution in [-0.2, 0) is 4.74 Å². The van der Waals surface area contributed by atoms with Crippen LogP contribution in [0.4, 0.5) is 0 Å². The van der Waals surface area contributed by atoms with E-state index in [1.54, 1.807) is 0 Å². The first-order valence-corrected chi connectivity index (χ1v) is 8.08. The molecule has 3 unspecified atom stereocenters. The Bertz CT molecular complexity index is 266. The molecule has 2 N–H and O–H groups in total. The topological polar surface area (TPSA) is 44.7 Å². The average Bonchev–Trinajstić information content (AvgIpc) is 2.39. The molecule has 1 rings (SSSR count). The van der Waals surface area contributed by atoms with Gasteiger partial charge in [0.05, 0.1) is 19.3 Å². The molecule has 4 nitrogen and oxygen atoms in total. The first kappa shape index (κ1) is 17.9. The molecule has 0 aromatic carbocycles. The minimum atomic E-state index is -0.0112. The molecule has 1 saturated heterocycles. The third-order valence-corrected chi connectivity index (χ3v) is 4.23. The molecule has 1 fully saturated rings. The highest BCUT2D eigenvalue weighted by Gasteiger charge is 2.28. The summed E-state index contributed by atoms with van der Waals surface area (Å²) in [5, 5.41) is 12.9. The van der Waals surface area contributed by atoms with Gasteiger partial charge < -0.3 is 15.2 Å². The fraction of sp³-hybridized carbons (Fsp3) is 1.00. The highest BCUT2D eigenvalue weighted by Crippen LogP contribution is 2.23. The molecule has 3 atom stereocenters. The Balaban J connectivity index is 2.48. The van der Waals surface area contributed by atoms with Gasteiger partial charge in [-0.15, -0.1) is 0 Å². The van der Waals surface area contributed by atoms with E-state index in [1.165, 1.54) is 6.42 Å². The second-order valence-electron chi connectivity index (χ2n) is 7.14. The molecule has 20 heavy (non-hydrogen) atoms. The summed E-state index contributed by atoms with van der Waals surface area (Å²) in [5.41, 5.74) is 0.279. The summed E-state index contributed by atoms with van der Waals surface area (Å²) in [4.78, 5) is 2.46. The van der Waals surface area contributed by atoms with Gasteiger partial charge in [-0.1, -0.05) is 27.7 Å². The maximum absolute atomic E-state index is 9.25. The summed E-state index contributed by atoms with van der Waals surface area (Å²) in [6, 6.07) is 0.981. The predicted octanol–water partition coefficient (Wildman–Crippen LogP) is 1.87. The summed E-state index contributed by atoms with van der Waals surface area (Å²) >= 11 is 0. The van der Waals surface area contributed by atoms with E-state index in [1.807, 2.05) is 0 Å². The Kier molecular flexibility index (Phi) is 7.45. The van der Waals surface area contributed by atoms with Crippen molar-refractivity contribution in [2.75, 3.05) is 32.8 Å². The Morgan fingerprint density at radius 2 is 2.10 bits per heavy atom. The largest absolute Gasteiger partial charge is 0.394 e. The normalized spacial score (nSPS) is 26.7. The van der Waals surface area contributed by atoms with Crippen LogP contribution in [0, 0.1) is 5.41 Å². The lowest BCUT2D eigenvalue weighted by atomic mass is 9.84. The zero-order chi connectivity index (χ0) is 15.2. The van der Waals surface area contributed by atoms with Gasteiger partial charge >= 0.3 is 0 Å². The molecule has 0 saturated carbocycles. The molecule has 1 aliphatic heterocycles. The van der Waals surface area contributed by atoms with Gasteiger partial charge in [-0.2, -0.15) is 0 Å². The lowest BCUT2D eigenvalue weighted by molar-refractivity contribution is -0.0790. The first-order valence-electron chi connectivity index (χ1n) is 8.08. The molecule has 4 heteroatoms. The van der Waals surface area contributed by atoms with E-state index in [-0.39, 0.29) is 18.1 Å². The van der Waals surface area contributed by atoms with Crippen molar-refractivity contribution in [2.45, 2.75) is 65.6 Å². The Morgan fingerprint density at radius 3 is 2.65 bits per heavy atom. The zero-order valence-corrected chi connectivity index (χ0v) is 14.0. The van der Waals surface area contributed by atoms with Crippen molar-refractivity contribution in [3.05, 3.63) is 0 Å². The highest BCUT2D eigenvalue weighted by atomic mass is 16.5. The van der Waals surface area contributed by atoms with Crippen LogP contribution in [0.5, 0.6) is 0 Å². The molecular formula is C16H34N2O2. The van der Waals surface area contributed by atoms with E-state index < -0.39 is 0 Å². The van der Waals surface area contributed by atoms with Gasteiger partial charge in [0.2, 0.25) is 0 Å². The number of ether oxygens (including phenoxy) is 1. The highest BCUT2D eigenvalue weighted by molar-refractivity contribution is 4.84. The second-order valence-corrected chi connectivity index (χ2v) is 7.14. The van der Waals surface area contributed by atoms with Crippen LogP contribution < -0.4 is 5.32 Å². The smallest absolute Gasteiger partial charge is 0.0933 e. The Hall–Kier alpha value is -0.160. The monoisotopic (exact) mass is 286 g/mol. The van der Waals surface area contributed by atoms with Crippen molar-refractivity contribution in [3.63, 3.8) is 0 Å². The van der Waals surface area contributed by atoms with Crippen LogP contribution in [0.15, 0.2) is 0 Å². The van der Waals surface area contributed by atoms with Gasteiger partial charge in [0.1, 0.15) is 0 Å². The maximum Gasteiger partial charge on any atom is 0.0933 e. The SMILES string of the molecule is CCCNC(CCN1CC(CO)OCC1C)C(C)(C)C. The van der Waals surface area contributed by atoms with Crippen LogP contribution in [0.3, 0.4) is 0 Å². The lowest BCUT2D eigenvalue weighted by Crippen LogP contribution is -2.51. The van der Waals surface area contributed by atoms with Crippen LogP contribution in [0.2, 0.25) is 0 Å². The van der Waals surface area contributed by atoms with Gasteiger partial charge in [-0.3, -0.25) is 4.90 Å². The molecule has 120 valence electrons. The number of hydrogen-bond donors (Lipinski definition) is 2. The van der Waals surface area contributed by atoms with Crippen molar-refractivity contribution in [2.24, 2.45) is 5.41 Å². The number of aliphatic hydroxyl groups is 1. The van der Waals surface area contributed by atoms with Crippen molar-refractivity contribution in [3.8, 4) is 0 Å². The molecule has 0 aromatic heterocycles. The number of nitrogens with one attached hydrogen (secondary N) is 1. The van der Waals surface area contributed by atoms with E-state index in [0.717, 1.165) is 32.7 Å². The molecule has 0 radical (unpaired) electrons. The summed E-state index contributed by atoms with van der Waals surface area (Å²) < 4.78 is 5.60. The van der Waals surface area contributed by atoms with Crippen molar-refractivity contribution < 1.29 is 9.84 Å². The summed E-state index contributed by atoms with van der Waals surface area (Å²) in [6.07, 6.45) is 2.31. The third kappa shape index (κ3) is 5.68. The maximum atomic E-state index is 9.25. The zero-order valence-electron chi connectivity index (χ0n) is 14.0. The molecule has 0 bridgehead atoms. The van der Waals surface area contributed by atoms with Gasteiger partial charge in [0.25, 0.3) is 0 Å². The first-order chi connectivity index (χ1) is 9.38. The van der Waals surface area contributed by atoms with E-state index >= 15 is 0 Å². The van der Waals surface area contributed by atoms with E-state index in [2.05, 4.69) is 44.8 Å². The minimum absolute atomic E-state index is 0.0112. The molecule has 1 aliphatic rings. The van der Waals surface area contributed by atoms with E-state index in [4.69, 9.17) is 4.74 Å². The molecular weight excluding hydrogens is 252 g/mol. The third-order valence-electron chi connectivity index (χ3n) is 4.23. The number of hydrogen-bond acceptors (Lipinski definition) is 4. The second kappa shape index (κ2) is 8.32. The standard InChI is InChI=1S/C16H34N2O2/c1-6-8-17-15(16(3,4)5)7-9-18-10-14(11-19)20-12-13(18)2/h13-15,17,19H,6-12H2,1-5H3. The van der Waals surface area contributed by atoms with Crippen molar-refractivity contribution in [1.29, 1.82) is 0 Å². The van der Waals surface area contributed by atoms with Crippen LogP contribution in [0.1, 0.15) is 47.5 Å². The Morgan fingerprint density at radius 1 is 1.40 bits per heavy atom. The fourth-order valence-corrected chi connectivity index (χ4v) is 2.75. The predicted molar refractivity (Wildman–Crippen MR) is 84.0 cm³/mol. The molecule has 0 amide bonds. The molecule has 1 heterocycles. The number of rotatable bonds is 7. The number of morpholine rings is 1. The van der Waals surface area contributed by atoms with Gasteiger partial charge in [-0.05, 0) is 31.7 Å². The van der Waals surface area contributed by atoms with Crippen LogP contribution in [-0.4, -0.2) is 61.0 Å². The van der Waals surface area contributed by atoms with Gasteiger partial charge in [0.15, 0.2) is 0 Å². The minimum Gasteiger partial charge on any atom is -0.394 e. The summed E-state index contributed by atoms with van der Waals surface area (Å²) in [5.74, 6) is 0. The van der Waals surface area contributed by atoms with Crippen LogP contribution >= 0.6 is 0 Å².